The van der Waals surface area contributed by atoms with Crippen LogP contribution in [0, 0.1) is 0 Å². The zero-order chi connectivity index (χ0) is 12.3. The Bertz CT molecular complexity index is 488. The Labute approximate surface area is 111 Å². The third-order valence-electron chi connectivity index (χ3n) is 2.40. The summed E-state index contributed by atoms with van der Waals surface area (Å²) in [6.07, 6.45) is 0.906. The van der Waals surface area contributed by atoms with Crippen molar-refractivity contribution < 1.29 is 4.42 Å². The number of hydrogen-bond acceptors (Lipinski definition) is 2. The number of nitrogens with one attached hydrogen (secondary N) is 1. The zero-order valence-corrected chi connectivity index (χ0v) is 11.0. The summed E-state index contributed by atoms with van der Waals surface area (Å²) in [7, 11) is 0. The molecule has 17 heavy (non-hydrogen) atoms. The molecule has 0 atom stereocenters. The third-order valence-corrected chi connectivity index (χ3v) is 2.83. The fourth-order valence-electron chi connectivity index (χ4n) is 1.55. The second-order valence-electron chi connectivity index (χ2n) is 3.73. The summed E-state index contributed by atoms with van der Waals surface area (Å²) >= 11 is 11.8. The van der Waals surface area contributed by atoms with Gasteiger partial charge in [0.15, 0.2) is 0 Å². The molecule has 2 nitrogen and oxygen atoms in total. The van der Waals surface area contributed by atoms with E-state index in [9.17, 15) is 0 Å². The minimum absolute atomic E-state index is 0.619. The maximum absolute atomic E-state index is 5.91. The minimum atomic E-state index is 0.619. The first-order valence-corrected chi connectivity index (χ1v) is 6.20. The summed E-state index contributed by atoms with van der Waals surface area (Å²) in [6.45, 7) is 2.68. The number of halogens is 2. The van der Waals surface area contributed by atoms with Gasteiger partial charge in [-0.15, -0.1) is 0 Å². The van der Waals surface area contributed by atoms with Crippen molar-refractivity contribution in [2.24, 2.45) is 0 Å². The van der Waals surface area contributed by atoms with E-state index in [1.54, 1.807) is 6.07 Å². The van der Waals surface area contributed by atoms with Crippen LogP contribution in [0.2, 0.25) is 10.0 Å². The Morgan fingerprint density at radius 3 is 2.29 bits per heavy atom. The summed E-state index contributed by atoms with van der Waals surface area (Å²) in [6, 6.07) is 9.32. The lowest BCUT2D eigenvalue weighted by Gasteiger charge is -2.05. The van der Waals surface area contributed by atoms with E-state index < -0.39 is 0 Å². The molecule has 0 unspecified atom stereocenters. The highest BCUT2D eigenvalue weighted by atomic mass is 35.5. The van der Waals surface area contributed by atoms with Crippen molar-refractivity contribution in [3.8, 4) is 0 Å². The summed E-state index contributed by atoms with van der Waals surface area (Å²) < 4.78 is 5.59. The predicted octanol–water partition coefficient (Wildman–Crippen LogP) is 4.76. The monoisotopic (exact) mass is 269 g/mol. The van der Waals surface area contributed by atoms with Gasteiger partial charge in [0, 0.05) is 22.2 Å². The van der Waals surface area contributed by atoms with E-state index in [1.165, 1.54) is 0 Å². The fraction of sp³-hybridized carbons (Fsp3) is 0.231. The molecule has 0 spiro atoms. The van der Waals surface area contributed by atoms with Gasteiger partial charge in [-0.05, 0) is 30.3 Å². The Balaban J connectivity index is 2.01. The number of benzene rings is 1. The minimum Gasteiger partial charge on any atom is -0.464 e. The van der Waals surface area contributed by atoms with Crippen LogP contribution < -0.4 is 5.32 Å². The van der Waals surface area contributed by atoms with Gasteiger partial charge in [0.1, 0.15) is 11.5 Å². The highest BCUT2D eigenvalue weighted by Gasteiger charge is 2.02. The molecule has 0 bridgehead atoms. The van der Waals surface area contributed by atoms with E-state index >= 15 is 0 Å². The molecule has 1 aromatic carbocycles. The Morgan fingerprint density at radius 1 is 1.06 bits per heavy atom. The van der Waals surface area contributed by atoms with Gasteiger partial charge in [0.2, 0.25) is 0 Å². The molecule has 0 radical (unpaired) electrons. The van der Waals surface area contributed by atoms with Crippen LogP contribution in [-0.4, -0.2) is 0 Å². The van der Waals surface area contributed by atoms with Crippen molar-refractivity contribution in [3.05, 3.63) is 51.9 Å². The van der Waals surface area contributed by atoms with Gasteiger partial charge in [-0.25, -0.2) is 0 Å². The van der Waals surface area contributed by atoms with E-state index in [2.05, 4.69) is 12.2 Å². The van der Waals surface area contributed by atoms with Gasteiger partial charge in [-0.1, -0.05) is 30.1 Å². The molecule has 0 aliphatic carbocycles. The lowest BCUT2D eigenvalue weighted by Crippen LogP contribution is -1.97. The van der Waals surface area contributed by atoms with Crippen molar-refractivity contribution in [3.63, 3.8) is 0 Å². The first-order chi connectivity index (χ1) is 8.17. The van der Waals surface area contributed by atoms with Crippen LogP contribution in [0.3, 0.4) is 0 Å². The average molecular weight is 270 g/mol. The number of furan rings is 1. The predicted molar refractivity (Wildman–Crippen MR) is 71.9 cm³/mol. The topological polar surface area (TPSA) is 25.2 Å². The lowest BCUT2D eigenvalue weighted by atomic mass is 10.3. The zero-order valence-electron chi connectivity index (χ0n) is 9.47. The van der Waals surface area contributed by atoms with Crippen LogP contribution >= 0.6 is 23.2 Å². The van der Waals surface area contributed by atoms with Crippen LogP contribution in [0.4, 0.5) is 5.69 Å². The second kappa shape index (κ2) is 5.48. The molecule has 2 rings (SSSR count). The van der Waals surface area contributed by atoms with E-state index in [4.69, 9.17) is 27.6 Å². The molecule has 0 aliphatic rings. The largest absolute Gasteiger partial charge is 0.464 e. The fourth-order valence-corrected chi connectivity index (χ4v) is 2.08. The molecule has 0 fully saturated rings. The maximum Gasteiger partial charge on any atom is 0.123 e. The standard InChI is InChI=1S/C13H13Cl2NO/c1-2-12-3-4-13(17-12)8-16-11-6-9(14)5-10(15)7-11/h3-7,16H,2,8H2,1H3. The van der Waals surface area contributed by atoms with Crippen molar-refractivity contribution in [1.29, 1.82) is 0 Å². The van der Waals surface area contributed by atoms with Crippen molar-refractivity contribution in [1.82, 2.24) is 0 Å². The molecule has 1 N–H and O–H groups in total. The van der Waals surface area contributed by atoms with Gasteiger partial charge in [-0.2, -0.15) is 0 Å². The van der Waals surface area contributed by atoms with Gasteiger partial charge < -0.3 is 9.73 Å². The van der Waals surface area contributed by atoms with Crippen LogP contribution in [0.15, 0.2) is 34.7 Å². The van der Waals surface area contributed by atoms with E-state index in [0.717, 1.165) is 23.6 Å². The van der Waals surface area contributed by atoms with Gasteiger partial charge in [0.05, 0.1) is 6.54 Å². The molecule has 4 heteroatoms. The summed E-state index contributed by atoms with van der Waals surface area (Å²) in [5.74, 6) is 1.89. The molecule has 0 saturated carbocycles. The maximum atomic E-state index is 5.91. The van der Waals surface area contributed by atoms with Crippen LogP contribution in [0.25, 0.3) is 0 Å². The number of rotatable bonds is 4. The second-order valence-corrected chi connectivity index (χ2v) is 4.61. The highest BCUT2D eigenvalue weighted by Crippen LogP contribution is 2.23. The van der Waals surface area contributed by atoms with Gasteiger partial charge in [0.25, 0.3) is 0 Å². The first kappa shape index (κ1) is 12.3. The molecule has 1 aromatic heterocycles. The quantitative estimate of drug-likeness (QED) is 0.866. The van der Waals surface area contributed by atoms with E-state index in [0.29, 0.717) is 16.6 Å². The Kier molecular flexibility index (Phi) is 3.97. The summed E-state index contributed by atoms with van der Waals surface area (Å²) in [5, 5.41) is 4.46. The molecule has 2 aromatic rings. The number of hydrogen-bond donors (Lipinski definition) is 1. The molecule has 1 heterocycles. The first-order valence-electron chi connectivity index (χ1n) is 5.45. The number of anilines is 1. The molecule has 90 valence electrons. The van der Waals surface area contributed by atoms with Crippen molar-refractivity contribution in [2.75, 3.05) is 5.32 Å². The van der Waals surface area contributed by atoms with Crippen molar-refractivity contribution in [2.45, 2.75) is 19.9 Å². The molecule has 0 amide bonds. The summed E-state index contributed by atoms with van der Waals surface area (Å²) in [4.78, 5) is 0. The molecular weight excluding hydrogens is 257 g/mol. The summed E-state index contributed by atoms with van der Waals surface area (Å²) in [5.41, 5.74) is 0.886. The average Bonchev–Trinajstić information content (AvgIpc) is 2.73. The smallest absolute Gasteiger partial charge is 0.123 e. The highest BCUT2D eigenvalue weighted by molar-refractivity contribution is 6.35. The Hall–Kier alpha value is -1.12. The van der Waals surface area contributed by atoms with E-state index in [1.807, 2.05) is 24.3 Å². The van der Waals surface area contributed by atoms with Crippen LogP contribution in [0.5, 0.6) is 0 Å². The lowest BCUT2D eigenvalue weighted by molar-refractivity contribution is 0.476. The molecule has 0 saturated heterocycles. The normalized spacial score (nSPS) is 10.5. The van der Waals surface area contributed by atoms with Gasteiger partial charge >= 0.3 is 0 Å². The van der Waals surface area contributed by atoms with E-state index in [-0.39, 0.29) is 0 Å². The van der Waals surface area contributed by atoms with Crippen LogP contribution in [-0.2, 0) is 13.0 Å². The van der Waals surface area contributed by atoms with Crippen molar-refractivity contribution >= 4 is 28.9 Å². The SMILES string of the molecule is CCc1ccc(CNc2cc(Cl)cc(Cl)c2)o1. The van der Waals surface area contributed by atoms with Crippen LogP contribution in [0.1, 0.15) is 18.4 Å². The molecule has 0 aliphatic heterocycles. The number of aryl methyl sites for hydroxylation is 1. The molecular formula is C13H13Cl2NO. The third kappa shape index (κ3) is 3.42. The Morgan fingerprint density at radius 2 is 1.71 bits per heavy atom. The van der Waals surface area contributed by atoms with Gasteiger partial charge in [-0.3, -0.25) is 0 Å².